The molecule has 4 heterocycles. The number of pyridine rings is 1. The third-order valence-corrected chi connectivity index (χ3v) is 5.28. The Morgan fingerprint density at radius 3 is 2.48 bits per heavy atom. The molecule has 0 radical (unpaired) electrons. The number of ether oxygens (including phenoxy) is 1. The smallest absolute Gasteiger partial charge is 0.255 e. The highest BCUT2D eigenvalue weighted by Gasteiger charge is 2.24. The molecule has 9 heteroatoms. The van der Waals surface area contributed by atoms with Crippen LogP contribution in [0.15, 0.2) is 35.2 Å². The van der Waals surface area contributed by atoms with Crippen LogP contribution in [0.2, 0.25) is 0 Å². The van der Waals surface area contributed by atoms with Gasteiger partial charge in [-0.15, -0.1) is 5.10 Å². The third kappa shape index (κ3) is 4.19. The quantitative estimate of drug-likeness (QED) is 0.725. The van der Waals surface area contributed by atoms with Crippen LogP contribution in [0.5, 0.6) is 0 Å². The van der Waals surface area contributed by atoms with Crippen molar-refractivity contribution >= 4 is 33.3 Å². The van der Waals surface area contributed by atoms with Gasteiger partial charge in [-0.2, -0.15) is 5.10 Å². The average molecular weight is 433 g/mol. The number of morpholine rings is 1. The number of aromatic nitrogens is 3. The maximum atomic E-state index is 12.7. The van der Waals surface area contributed by atoms with Crippen LogP contribution in [-0.4, -0.2) is 78.5 Å². The standard InChI is InChI=1S/C18H21BrN6O2/c19-15-9-14(11-20-12-15)18(26)25-3-1-24(2-4-25)17-10-16(13-21-22-17)23-5-7-27-8-6-23/h9-13H,1-8H2. The Bertz CT molecular complexity index is 806. The van der Waals surface area contributed by atoms with E-state index in [0.29, 0.717) is 18.7 Å². The normalized spacial score (nSPS) is 17.9. The maximum absolute atomic E-state index is 12.7. The molecule has 0 aliphatic carbocycles. The van der Waals surface area contributed by atoms with Gasteiger partial charge in [0.15, 0.2) is 5.82 Å². The van der Waals surface area contributed by atoms with Crippen molar-refractivity contribution in [3.63, 3.8) is 0 Å². The van der Waals surface area contributed by atoms with Crippen LogP contribution in [0, 0.1) is 0 Å². The molecular formula is C18H21BrN6O2. The highest BCUT2D eigenvalue weighted by molar-refractivity contribution is 9.10. The summed E-state index contributed by atoms with van der Waals surface area (Å²) >= 11 is 3.37. The fourth-order valence-electron chi connectivity index (χ4n) is 3.34. The van der Waals surface area contributed by atoms with Gasteiger partial charge in [-0.1, -0.05) is 0 Å². The Labute approximate surface area is 166 Å². The lowest BCUT2D eigenvalue weighted by molar-refractivity contribution is 0.0746. The van der Waals surface area contributed by atoms with Crippen molar-refractivity contribution in [2.45, 2.75) is 0 Å². The second-order valence-corrected chi connectivity index (χ2v) is 7.46. The zero-order chi connectivity index (χ0) is 18.6. The molecule has 2 fully saturated rings. The molecule has 0 bridgehead atoms. The van der Waals surface area contributed by atoms with Crippen LogP contribution in [-0.2, 0) is 4.74 Å². The molecular weight excluding hydrogens is 412 g/mol. The molecule has 2 saturated heterocycles. The van der Waals surface area contributed by atoms with Gasteiger partial charge in [-0.25, -0.2) is 0 Å². The van der Waals surface area contributed by atoms with Crippen LogP contribution in [0.1, 0.15) is 10.4 Å². The molecule has 0 spiro atoms. The molecule has 2 aromatic heterocycles. The number of halogens is 1. The number of carbonyl (C=O) groups is 1. The lowest BCUT2D eigenvalue weighted by Gasteiger charge is -2.35. The Morgan fingerprint density at radius 1 is 0.963 bits per heavy atom. The zero-order valence-electron chi connectivity index (χ0n) is 14.9. The molecule has 0 aromatic carbocycles. The van der Waals surface area contributed by atoms with Crippen molar-refractivity contribution in [1.29, 1.82) is 0 Å². The van der Waals surface area contributed by atoms with Gasteiger partial charge in [0.05, 0.1) is 30.7 Å². The van der Waals surface area contributed by atoms with Gasteiger partial charge < -0.3 is 19.4 Å². The fraction of sp³-hybridized carbons (Fsp3) is 0.444. The summed E-state index contributed by atoms with van der Waals surface area (Å²) in [4.78, 5) is 23.0. The minimum atomic E-state index is 0.0107. The molecule has 0 saturated carbocycles. The molecule has 142 valence electrons. The van der Waals surface area contributed by atoms with Crippen LogP contribution in [0.3, 0.4) is 0 Å². The minimum absolute atomic E-state index is 0.0107. The van der Waals surface area contributed by atoms with Crippen molar-refractivity contribution < 1.29 is 9.53 Å². The maximum Gasteiger partial charge on any atom is 0.255 e. The van der Waals surface area contributed by atoms with Gasteiger partial charge in [0.25, 0.3) is 5.91 Å². The van der Waals surface area contributed by atoms with Crippen molar-refractivity contribution in [2.24, 2.45) is 0 Å². The van der Waals surface area contributed by atoms with E-state index in [4.69, 9.17) is 4.74 Å². The first-order valence-electron chi connectivity index (χ1n) is 9.01. The summed E-state index contributed by atoms with van der Waals surface area (Å²) in [6.45, 7) is 5.97. The van der Waals surface area contributed by atoms with E-state index in [9.17, 15) is 4.79 Å². The second-order valence-electron chi connectivity index (χ2n) is 6.54. The van der Waals surface area contributed by atoms with Crippen LogP contribution < -0.4 is 9.80 Å². The molecule has 0 N–H and O–H groups in total. The van der Waals surface area contributed by atoms with E-state index in [-0.39, 0.29) is 5.91 Å². The molecule has 8 nitrogen and oxygen atoms in total. The second kappa shape index (κ2) is 8.18. The van der Waals surface area contributed by atoms with Gasteiger partial charge in [0, 0.05) is 62.2 Å². The summed E-state index contributed by atoms with van der Waals surface area (Å²) in [5.41, 5.74) is 1.67. The Kier molecular flexibility index (Phi) is 5.49. The molecule has 2 aliphatic heterocycles. The number of amides is 1. The summed E-state index contributed by atoms with van der Waals surface area (Å²) in [7, 11) is 0. The first-order valence-corrected chi connectivity index (χ1v) is 9.80. The molecule has 2 aromatic rings. The van der Waals surface area contributed by atoms with Crippen LogP contribution in [0.4, 0.5) is 11.5 Å². The zero-order valence-corrected chi connectivity index (χ0v) is 16.5. The number of rotatable bonds is 3. The summed E-state index contributed by atoms with van der Waals surface area (Å²) in [5.74, 6) is 0.867. The van der Waals surface area contributed by atoms with Crippen LogP contribution >= 0.6 is 15.9 Å². The Morgan fingerprint density at radius 2 is 1.74 bits per heavy atom. The van der Waals surface area contributed by atoms with Crippen molar-refractivity contribution in [3.05, 3.63) is 40.8 Å². The number of anilines is 2. The molecule has 0 atom stereocenters. The van der Waals surface area contributed by atoms with E-state index >= 15 is 0 Å². The van der Waals surface area contributed by atoms with E-state index in [0.717, 1.165) is 55.4 Å². The third-order valence-electron chi connectivity index (χ3n) is 4.85. The highest BCUT2D eigenvalue weighted by Crippen LogP contribution is 2.21. The van der Waals surface area contributed by atoms with Crippen molar-refractivity contribution in [3.8, 4) is 0 Å². The largest absolute Gasteiger partial charge is 0.378 e. The van der Waals surface area contributed by atoms with E-state index < -0.39 is 0 Å². The number of nitrogens with zero attached hydrogens (tertiary/aromatic N) is 6. The molecule has 27 heavy (non-hydrogen) atoms. The fourth-order valence-corrected chi connectivity index (χ4v) is 3.71. The summed E-state index contributed by atoms with van der Waals surface area (Å²) < 4.78 is 6.22. The monoisotopic (exact) mass is 432 g/mol. The minimum Gasteiger partial charge on any atom is -0.378 e. The Hall–Kier alpha value is -2.26. The van der Waals surface area contributed by atoms with E-state index in [1.807, 2.05) is 4.90 Å². The van der Waals surface area contributed by atoms with Gasteiger partial charge >= 0.3 is 0 Å². The summed E-state index contributed by atoms with van der Waals surface area (Å²) in [6.07, 6.45) is 5.08. The number of carbonyl (C=O) groups excluding carboxylic acids is 1. The van der Waals surface area contributed by atoms with E-state index in [1.54, 1.807) is 24.7 Å². The van der Waals surface area contributed by atoms with Crippen molar-refractivity contribution in [1.82, 2.24) is 20.1 Å². The van der Waals surface area contributed by atoms with E-state index in [2.05, 4.69) is 47.0 Å². The van der Waals surface area contributed by atoms with E-state index in [1.165, 1.54) is 0 Å². The molecule has 0 unspecified atom stereocenters. The molecule has 1 amide bonds. The number of hydrogen-bond acceptors (Lipinski definition) is 7. The van der Waals surface area contributed by atoms with Gasteiger partial charge in [0.2, 0.25) is 0 Å². The highest BCUT2D eigenvalue weighted by atomic mass is 79.9. The first-order chi connectivity index (χ1) is 13.2. The van der Waals surface area contributed by atoms with Gasteiger partial charge in [-0.05, 0) is 22.0 Å². The molecule has 4 rings (SSSR count). The lowest BCUT2D eigenvalue weighted by atomic mass is 10.2. The number of piperazine rings is 1. The van der Waals surface area contributed by atoms with Gasteiger partial charge in [-0.3, -0.25) is 9.78 Å². The predicted octanol–water partition coefficient (Wildman–Crippen LogP) is 1.43. The number of hydrogen-bond donors (Lipinski definition) is 0. The SMILES string of the molecule is O=C(c1cncc(Br)c1)N1CCN(c2cc(N3CCOCC3)cnn2)CC1. The van der Waals surface area contributed by atoms with Gasteiger partial charge in [0.1, 0.15) is 0 Å². The summed E-state index contributed by atoms with van der Waals surface area (Å²) in [6, 6.07) is 3.88. The van der Waals surface area contributed by atoms with Crippen LogP contribution in [0.25, 0.3) is 0 Å². The first kappa shape index (κ1) is 18.1. The lowest BCUT2D eigenvalue weighted by Crippen LogP contribution is -2.49. The predicted molar refractivity (Wildman–Crippen MR) is 105 cm³/mol. The topological polar surface area (TPSA) is 74.7 Å². The van der Waals surface area contributed by atoms with Crippen molar-refractivity contribution in [2.75, 3.05) is 62.3 Å². The molecule has 2 aliphatic rings. The average Bonchev–Trinajstić information content (AvgIpc) is 2.74. The summed E-state index contributed by atoms with van der Waals surface area (Å²) in [5, 5.41) is 8.47. The Balaban J connectivity index is 1.40.